The van der Waals surface area contributed by atoms with Crippen molar-refractivity contribution in [2.75, 3.05) is 39.3 Å². The summed E-state index contributed by atoms with van der Waals surface area (Å²) in [5.74, 6) is 0.638. The second-order valence-corrected chi connectivity index (χ2v) is 10.3. The van der Waals surface area contributed by atoms with Gasteiger partial charge in [-0.2, -0.15) is 0 Å². The number of hydrogen-bond donors (Lipinski definition) is 0. The molecule has 0 aromatic heterocycles. The summed E-state index contributed by atoms with van der Waals surface area (Å²) in [6.45, 7) is 7.58. The van der Waals surface area contributed by atoms with Crippen molar-refractivity contribution in [2.24, 2.45) is 5.92 Å². The van der Waals surface area contributed by atoms with Crippen molar-refractivity contribution in [1.29, 1.82) is 0 Å². The molecule has 0 saturated carbocycles. The lowest BCUT2D eigenvalue weighted by Gasteiger charge is -2.38. The smallest absolute Gasteiger partial charge is 0.410 e. The summed E-state index contributed by atoms with van der Waals surface area (Å²) >= 11 is 0. The predicted molar refractivity (Wildman–Crippen MR) is 146 cm³/mol. The maximum absolute atomic E-state index is 13.3. The number of nitrogens with zero attached hydrogens (tertiary/aromatic N) is 3. The van der Waals surface area contributed by atoms with E-state index in [4.69, 9.17) is 4.74 Å². The zero-order valence-electron chi connectivity index (χ0n) is 21.7. The van der Waals surface area contributed by atoms with Crippen LogP contribution in [0.4, 0.5) is 4.79 Å². The molecular weight excluding hydrogens is 462 g/mol. The van der Waals surface area contributed by atoms with Gasteiger partial charge >= 0.3 is 6.09 Å². The average Bonchev–Trinajstić information content (AvgIpc) is 3.41. The van der Waals surface area contributed by atoms with Crippen molar-refractivity contribution in [3.63, 3.8) is 0 Å². The predicted octanol–water partition coefficient (Wildman–Crippen LogP) is 5.43. The number of fused-ring (bicyclic) bond motifs is 1. The Labute approximate surface area is 219 Å². The first-order valence-corrected chi connectivity index (χ1v) is 13.6. The Balaban J connectivity index is 1.09. The largest absolute Gasteiger partial charge is 0.445 e. The molecule has 2 fully saturated rings. The number of carbonyl (C=O) groups is 2. The van der Waals surface area contributed by atoms with Crippen molar-refractivity contribution < 1.29 is 14.3 Å². The summed E-state index contributed by atoms with van der Waals surface area (Å²) in [5, 5.41) is 2.14. The molecule has 37 heavy (non-hydrogen) atoms. The molecule has 6 heteroatoms. The van der Waals surface area contributed by atoms with Crippen molar-refractivity contribution >= 4 is 22.8 Å². The van der Waals surface area contributed by atoms with Crippen LogP contribution in [-0.4, -0.2) is 72.0 Å². The van der Waals surface area contributed by atoms with Crippen LogP contribution in [-0.2, 0) is 11.3 Å². The molecule has 3 aromatic rings. The van der Waals surface area contributed by atoms with E-state index in [2.05, 4.69) is 17.0 Å². The fraction of sp³-hybridized carbons (Fsp3) is 0.419. The average molecular weight is 500 g/mol. The van der Waals surface area contributed by atoms with Crippen molar-refractivity contribution in [1.82, 2.24) is 14.7 Å². The minimum atomic E-state index is -0.219. The number of benzene rings is 3. The van der Waals surface area contributed by atoms with E-state index in [0.29, 0.717) is 19.1 Å². The van der Waals surface area contributed by atoms with Gasteiger partial charge in [-0.3, -0.25) is 4.79 Å². The van der Waals surface area contributed by atoms with Crippen LogP contribution >= 0.6 is 0 Å². The number of ether oxygens (including phenoxy) is 1. The van der Waals surface area contributed by atoms with Gasteiger partial charge in [0.05, 0.1) is 0 Å². The summed E-state index contributed by atoms with van der Waals surface area (Å²) in [6.07, 6.45) is 2.74. The fourth-order valence-electron chi connectivity index (χ4n) is 5.87. The molecule has 2 heterocycles. The number of carbonyl (C=O) groups excluding carboxylic acids is 2. The van der Waals surface area contributed by atoms with E-state index in [1.807, 2.05) is 77.4 Å². The van der Waals surface area contributed by atoms with Crippen LogP contribution in [0.2, 0.25) is 0 Å². The molecule has 0 bridgehead atoms. The summed E-state index contributed by atoms with van der Waals surface area (Å²) in [6, 6.07) is 24.1. The van der Waals surface area contributed by atoms with Crippen LogP contribution in [0.1, 0.15) is 42.1 Å². The molecule has 194 valence electrons. The second kappa shape index (κ2) is 11.8. The van der Waals surface area contributed by atoms with Gasteiger partial charge in [0.1, 0.15) is 6.61 Å². The highest BCUT2D eigenvalue weighted by atomic mass is 16.6. The lowest BCUT2D eigenvalue weighted by atomic mass is 10.0. The number of hydrogen-bond acceptors (Lipinski definition) is 4. The van der Waals surface area contributed by atoms with E-state index < -0.39 is 0 Å². The zero-order valence-corrected chi connectivity index (χ0v) is 21.7. The molecule has 6 nitrogen and oxygen atoms in total. The van der Waals surface area contributed by atoms with Gasteiger partial charge in [-0.25, -0.2) is 4.79 Å². The summed E-state index contributed by atoms with van der Waals surface area (Å²) in [5.41, 5.74) is 1.81. The monoisotopic (exact) mass is 499 g/mol. The van der Waals surface area contributed by atoms with E-state index in [9.17, 15) is 9.59 Å². The molecule has 0 spiro atoms. The Morgan fingerprint density at radius 3 is 2.41 bits per heavy atom. The van der Waals surface area contributed by atoms with E-state index >= 15 is 0 Å². The second-order valence-electron chi connectivity index (χ2n) is 10.3. The first-order valence-electron chi connectivity index (χ1n) is 13.6. The van der Waals surface area contributed by atoms with Gasteiger partial charge in [0.25, 0.3) is 5.91 Å². The molecule has 0 unspecified atom stereocenters. The van der Waals surface area contributed by atoms with Crippen molar-refractivity contribution in [3.05, 3.63) is 83.9 Å². The molecule has 3 aromatic carbocycles. The Bertz CT molecular complexity index is 1200. The van der Waals surface area contributed by atoms with Gasteiger partial charge in [0.2, 0.25) is 0 Å². The van der Waals surface area contributed by atoms with Crippen molar-refractivity contribution in [2.45, 2.75) is 38.8 Å². The molecule has 2 saturated heterocycles. The SMILES string of the molecule is CCN(C(=O)OCc1ccccc1)C1CCN(C[C@@H]2CCN(C(=O)c3cccc4ccccc34)C2)CC1. The third-order valence-electron chi connectivity index (χ3n) is 7.89. The highest BCUT2D eigenvalue weighted by molar-refractivity contribution is 6.07. The van der Waals surface area contributed by atoms with Crippen LogP contribution in [0.5, 0.6) is 0 Å². The standard InChI is InChI=1S/C31H37N3O3/c1-2-34(31(36)37-23-24-9-4-3-5-10-24)27-16-18-32(19-17-27)21-25-15-20-33(22-25)30(35)29-14-8-12-26-11-6-7-13-28(26)29/h3-14,25,27H,2,15-23H2,1H3/t25-/m0/s1. The van der Waals surface area contributed by atoms with Gasteiger partial charge in [0.15, 0.2) is 0 Å². The first-order chi connectivity index (χ1) is 18.1. The fourth-order valence-corrected chi connectivity index (χ4v) is 5.87. The summed E-state index contributed by atoms with van der Waals surface area (Å²) < 4.78 is 5.60. The lowest BCUT2D eigenvalue weighted by molar-refractivity contribution is 0.0606. The number of likely N-dealkylation sites (tertiary alicyclic amines) is 2. The van der Waals surface area contributed by atoms with E-state index in [-0.39, 0.29) is 18.0 Å². The molecule has 2 amide bonds. The molecular formula is C31H37N3O3. The first kappa shape index (κ1) is 25.3. The van der Waals surface area contributed by atoms with E-state index in [0.717, 1.165) is 73.9 Å². The number of amides is 2. The van der Waals surface area contributed by atoms with Gasteiger partial charge in [0, 0.05) is 50.9 Å². The van der Waals surface area contributed by atoms with Gasteiger partial charge in [-0.05, 0) is 54.5 Å². The topological polar surface area (TPSA) is 53.1 Å². The normalized spacial score (nSPS) is 18.7. The van der Waals surface area contributed by atoms with Crippen molar-refractivity contribution in [3.8, 4) is 0 Å². The lowest BCUT2D eigenvalue weighted by Crippen LogP contribution is -2.48. The van der Waals surface area contributed by atoms with Crippen LogP contribution in [0.3, 0.4) is 0 Å². The number of piperidine rings is 1. The highest BCUT2D eigenvalue weighted by Crippen LogP contribution is 2.26. The van der Waals surface area contributed by atoms with Gasteiger partial charge in [-0.15, -0.1) is 0 Å². The third-order valence-corrected chi connectivity index (χ3v) is 7.89. The molecule has 5 rings (SSSR count). The van der Waals surface area contributed by atoms with Crippen LogP contribution < -0.4 is 0 Å². The van der Waals surface area contributed by atoms with E-state index in [1.165, 1.54) is 0 Å². The van der Waals surface area contributed by atoms with Crippen LogP contribution in [0.25, 0.3) is 10.8 Å². The van der Waals surface area contributed by atoms with Gasteiger partial charge in [-0.1, -0.05) is 66.7 Å². The Morgan fingerprint density at radius 1 is 0.892 bits per heavy atom. The minimum absolute atomic E-state index is 0.144. The van der Waals surface area contributed by atoms with Crippen LogP contribution in [0, 0.1) is 5.92 Å². The van der Waals surface area contributed by atoms with Gasteiger partial charge < -0.3 is 19.4 Å². The molecule has 2 aliphatic rings. The molecule has 2 aliphatic heterocycles. The Hall–Kier alpha value is -3.38. The highest BCUT2D eigenvalue weighted by Gasteiger charge is 2.32. The van der Waals surface area contributed by atoms with E-state index in [1.54, 1.807) is 0 Å². The summed E-state index contributed by atoms with van der Waals surface area (Å²) in [7, 11) is 0. The molecule has 0 aliphatic carbocycles. The Kier molecular flexibility index (Phi) is 8.05. The maximum atomic E-state index is 13.3. The molecule has 1 atom stereocenters. The molecule has 0 radical (unpaired) electrons. The molecule has 0 N–H and O–H groups in total. The number of rotatable bonds is 7. The Morgan fingerprint density at radius 2 is 1.62 bits per heavy atom. The third kappa shape index (κ3) is 5.96. The zero-order chi connectivity index (χ0) is 25.6. The maximum Gasteiger partial charge on any atom is 0.410 e. The van der Waals surface area contributed by atoms with Crippen LogP contribution in [0.15, 0.2) is 72.8 Å². The quantitative estimate of drug-likeness (QED) is 0.435. The minimum Gasteiger partial charge on any atom is -0.445 e. The summed E-state index contributed by atoms with van der Waals surface area (Å²) in [4.78, 5) is 32.5.